The second kappa shape index (κ2) is 6.51. The van der Waals surface area contributed by atoms with Gasteiger partial charge in [0.05, 0.1) is 5.52 Å². The predicted octanol–water partition coefficient (Wildman–Crippen LogP) is 4.59. The molecule has 22 heavy (non-hydrogen) atoms. The summed E-state index contributed by atoms with van der Waals surface area (Å²) in [5.41, 5.74) is 3.05. The van der Waals surface area contributed by atoms with Gasteiger partial charge in [0.15, 0.2) is 0 Å². The van der Waals surface area contributed by atoms with Crippen LogP contribution in [0, 0.1) is 5.82 Å². The molecule has 0 unspecified atom stereocenters. The minimum Gasteiger partial charge on any atom is -0.343 e. The topological polar surface area (TPSA) is 17.0 Å². The molecule has 0 fully saturated rings. The first-order chi connectivity index (χ1) is 10.7. The Bertz CT molecular complexity index is 778. The van der Waals surface area contributed by atoms with Crippen molar-refractivity contribution in [2.24, 2.45) is 0 Å². The minimum absolute atomic E-state index is 0.198. The number of hydrogen-bond donors (Lipinski definition) is 1. The van der Waals surface area contributed by atoms with Crippen molar-refractivity contribution < 1.29 is 4.39 Å². The van der Waals surface area contributed by atoms with E-state index in [0.717, 1.165) is 33.6 Å². The van der Waals surface area contributed by atoms with Crippen molar-refractivity contribution in [3.8, 4) is 0 Å². The largest absolute Gasteiger partial charge is 0.343 e. The van der Waals surface area contributed by atoms with Gasteiger partial charge in [-0.1, -0.05) is 30.7 Å². The molecule has 4 heteroatoms. The van der Waals surface area contributed by atoms with Crippen LogP contribution < -0.4 is 5.32 Å². The maximum absolute atomic E-state index is 13.9. The summed E-state index contributed by atoms with van der Waals surface area (Å²) in [6.07, 6.45) is 2.01. The van der Waals surface area contributed by atoms with Crippen LogP contribution in [0.2, 0.25) is 5.02 Å². The van der Waals surface area contributed by atoms with E-state index in [1.165, 1.54) is 0 Å². The summed E-state index contributed by atoms with van der Waals surface area (Å²) in [5.74, 6) is -0.198. The molecule has 1 aromatic heterocycles. The molecule has 0 saturated heterocycles. The number of aromatic nitrogens is 1. The van der Waals surface area contributed by atoms with Crippen LogP contribution in [-0.4, -0.2) is 11.1 Å². The lowest BCUT2D eigenvalue weighted by Gasteiger charge is -2.09. The van der Waals surface area contributed by atoms with Gasteiger partial charge in [-0.15, -0.1) is 0 Å². The van der Waals surface area contributed by atoms with Crippen molar-refractivity contribution in [3.05, 3.63) is 70.6 Å². The molecule has 0 aliphatic carbocycles. The van der Waals surface area contributed by atoms with Gasteiger partial charge in [-0.2, -0.15) is 0 Å². The van der Waals surface area contributed by atoms with Gasteiger partial charge in [0.1, 0.15) is 5.82 Å². The highest BCUT2D eigenvalue weighted by Gasteiger charge is 2.09. The Morgan fingerprint density at radius 2 is 1.91 bits per heavy atom. The average Bonchev–Trinajstić information content (AvgIpc) is 2.90. The Labute approximate surface area is 134 Å². The van der Waals surface area contributed by atoms with E-state index in [1.54, 1.807) is 12.1 Å². The van der Waals surface area contributed by atoms with Crippen molar-refractivity contribution in [2.75, 3.05) is 6.54 Å². The van der Waals surface area contributed by atoms with Crippen molar-refractivity contribution in [2.45, 2.75) is 20.0 Å². The average molecular weight is 317 g/mol. The summed E-state index contributed by atoms with van der Waals surface area (Å²) in [6, 6.07) is 13.0. The standard InChI is InChI=1S/C18H18ClFN2/c1-2-21-11-14-9-16(20)10-18-17(14)7-8-22(18)12-13-3-5-15(19)6-4-13/h3-10,21H,2,11-12H2,1H3. The molecule has 2 nitrogen and oxygen atoms in total. The van der Waals surface area contributed by atoms with Crippen molar-refractivity contribution in [3.63, 3.8) is 0 Å². The third-order valence-electron chi connectivity index (χ3n) is 3.77. The quantitative estimate of drug-likeness (QED) is 0.728. The monoisotopic (exact) mass is 316 g/mol. The number of rotatable bonds is 5. The van der Waals surface area contributed by atoms with Gasteiger partial charge in [0.2, 0.25) is 0 Å². The van der Waals surface area contributed by atoms with E-state index in [1.807, 2.05) is 37.4 Å². The van der Waals surface area contributed by atoms with Gasteiger partial charge < -0.3 is 9.88 Å². The SMILES string of the molecule is CCNCc1cc(F)cc2c1ccn2Cc1ccc(Cl)cc1. The summed E-state index contributed by atoms with van der Waals surface area (Å²) in [7, 11) is 0. The van der Waals surface area contributed by atoms with E-state index < -0.39 is 0 Å². The first kappa shape index (κ1) is 15.1. The summed E-state index contributed by atoms with van der Waals surface area (Å²) in [6.45, 7) is 4.28. The van der Waals surface area contributed by atoms with Crippen molar-refractivity contribution in [1.82, 2.24) is 9.88 Å². The fraction of sp³-hybridized carbons (Fsp3) is 0.222. The first-order valence-electron chi connectivity index (χ1n) is 7.40. The maximum atomic E-state index is 13.9. The smallest absolute Gasteiger partial charge is 0.125 e. The predicted molar refractivity (Wildman–Crippen MR) is 89.8 cm³/mol. The van der Waals surface area contributed by atoms with E-state index in [0.29, 0.717) is 13.1 Å². The number of nitrogens with one attached hydrogen (secondary N) is 1. The van der Waals surface area contributed by atoms with Gasteiger partial charge in [-0.25, -0.2) is 4.39 Å². The molecule has 0 aliphatic rings. The number of nitrogens with zero attached hydrogens (tertiary/aromatic N) is 1. The summed E-state index contributed by atoms with van der Waals surface area (Å²) < 4.78 is 16.0. The van der Waals surface area contributed by atoms with Crippen LogP contribution in [0.15, 0.2) is 48.7 Å². The second-order valence-electron chi connectivity index (χ2n) is 5.35. The third kappa shape index (κ3) is 3.16. The highest BCUT2D eigenvalue weighted by Crippen LogP contribution is 2.23. The lowest BCUT2D eigenvalue weighted by atomic mass is 10.1. The molecule has 1 heterocycles. The zero-order valence-electron chi connectivity index (χ0n) is 12.4. The molecule has 3 aromatic rings. The van der Waals surface area contributed by atoms with Crippen LogP contribution in [0.25, 0.3) is 10.9 Å². The Kier molecular flexibility index (Phi) is 4.46. The zero-order valence-corrected chi connectivity index (χ0v) is 13.2. The Morgan fingerprint density at radius 1 is 1.14 bits per heavy atom. The third-order valence-corrected chi connectivity index (χ3v) is 4.02. The summed E-state index contributed by atoms with van der Waals surface area (Å²) >= 11 is 5.92. The van der Waals surface area contributed by atoms with Crippen LogP contribution in [0.3, 0.4) is 0 Å². The molecule has 1 N–H and O–H groups in total. The molecular formula is C18H18ClFN2. The Hall–Kier alpha value is -1.84. The number of fused-ring (bicyclic) bond motifs is 1. The van der Waals surface area contributed by atoms with E-state index in [9.17, 15) is 4.39 Å². The fourth-order valence-electron chi connectivity index (χ4n) is 2.66. The van der Waals surface area contributed by atoms with Crippen LogP contribution in [0.4, 0.5) is 4.39 Å². The molecule has 114 valence electrons. The molecule has 0 amide bonds. The molecule has 0 atom stereocenters. The molecule has 3 rings (SSSR count). The van der Waals surface area contributed by atoms with E-state index in [-0.39, 0.29) is 5.82 Å². The van der Waals surface area contributed by atoms with Crippen LogP contribution in [0.1, 0.15) is 18.1 Å². The zero-order chi connectivity index (χ0) is 15.5. The van der Waals surface area contributed by atoms with E-state index in [2.05, 4.69) is 16.0 Å². The first-order valence-corrected chi connectivity index (χ1v) is 7.77. The lowest BCUT2D eigenvalue weighted by molar-refractivity contribution is 0.623. The van der Waals surface area contributed by atoms with Crippen molar-refractivity contribution >= 4 is 22.5 Å². The van der Waals surface area contributed by atoms with Gasteiger partial charge in [0.25, 0.3) is 0 Å². The maximum Gasteiger partial charge on any atom is 0.125 e. The second-order valence-corrected chi connectivity index (χ2v) is 5.78. The summed E-state index contributed by atoms with van der Waals surface area (Å²) in [5, 5.41) is 5.07. The van der Waals surface area contributed by atoms with E-state index in [4.69, 9.17) is 11.6 Å². The van der Waals surface area contributed by atoms with Crippen LogP contribution >= 0.6 is 11.6 Å². The molecule has 0 radical (unpaired) electrons. The van der Waals surface area contributed by atoms with Gasteiger partial charge in [0, 0.05) is 29.7 Å². The van der Waals surface area contributed by atoms with Crippen molar-refractivity contribution in [1.29, 1.82) is 0 Å². The normalized spacial score (nSPS) is 11.2. The van der Waals surface area contributed by atoms with Crippen LogP contribution in [0.5, 0.6) is 0 Å². The summed E-state index contributed by atoms with van der Waals surface area (Å²) in [4.78, 5) is 0. The molecule has 0 saturated carbocycles. The number of halogens is 2. The minimum atomic E-state index is -0.198. The van der Waals surface area contributed by atoms with E-state index >= 15 is 0 Å². The molecule has 0 bridgehead atoms. The highest BCUT2D eigenvalue weighted by molar-refractivity contribution is 6.30. The Morgan fingerprint density at radius 3 is 2.64 bits per heavy atom. The van der Waals surface area contributed by atoms with Gasteiger partial charge in [-0.05, 0) is 48.0 Å². The number of hydrogen-bond acceptors (Lipinski definition) is 1. The fourth-order valence-corrected chi connectivity index (χ4v) is 2.79. The molecule has 2 aromatic carbocycles. The Balaban J connectivity index is 1.97. The van der Waals surface area contributed by atoms with Crippen LogP contribution in [-0.2, 0) is 13.1 Å². The van der Waals surface area contributed by atoms with Gasteiger partial charge in [-0.3, -0.25) is 0 Å². The molecular weight excluding hydrogens is 299 g/mol. The molecule has 0 spiro atoms. The van der Waals surface area contributed by atoms with Gasteiger partial charge >= 0.3 is 0 Å². The number of benzene rings is 2. The molecule has 0 aliphatic heterocycles. The highest BCUT2D eigenvalue weighted by atomic mass is 35.5. The lowest BCUT2D eigenvalue weighted by Crippen LogP contribution is -2.12.